The molecule has 0 aliphatic heterocycles. The van der Waals surface area contributed by atoms with Crippen LogP contribution in [0, 0.1) is 0 Å². The smallest absolute Gasteiger partial charge is 0.490 e. The van der Waals surface area contributed by atoms with E-state index in [0.717, 1.165) is 51.4 Å². The van der Waals surface area contributed by atoms with Crippen LogP contribution in [0.1, 0.15) is 188 Å². The van der Waals surface area contributed by atoms with Gasteiger partial charge >= 0.3 is 44.4 Å². The van der Waals surface area contributed by atoms with Gasteiger partial charge < -0.3 is 18.4 Å². The average molecular weight is 1080 g/mol. The Labute approximate surface area is 414 Å². The van der Waals surface area contributed by atoms with Crippen LogP contribution in [0.2, 0.25) is 0 Å². The molecule has 0 bridgehead atoms. The molecule has 0 aromatic heterocycles. The quantitative estimate of drug-likeness (QED) is 0.0300. The summed E-state index contributed by atoms with van der Waals surface area (Å²) in [5.41, 5.74) is -13.2. The lowest BCUT2D eigenvalue weighted by Gasteiger charge is -2.47. The fourth-order valence-corrected chi connectivity index (χ4v) is 8.77. The zero-order valence-electron chi connectivity index (χ0n) is 41.1. The van der Waals surface area contributed by atoms with Gasteiger partial charge in [-0.05, 0) is 74.2 Å². The topological polar surface area (TPSA) is 27.7 Å². The Bertz CT molecular complexity index is 1970. The van der Waals surface area contributed by atoms with E-state index in [1.807, 2.05) is 0 Å². The molecule has 3 aromatic rings. The molecule has 0 spiro atoms. The number of quaternary nitrogens is 1. The summed E-state index contributed by atoms with van der Waals surface area (Å²) in [6.07, 6.45) is -21.9. The number of benzene rings is 3. The second-order valence-electron chi connectivity index (χ2n) is 18.3. The number of rotatable bonds is 29. The summed E-state index contributed by atoms with van der Waals surface area (Å²) in [6.45, 7) is 8.00. The highest BCUT2D eigenvalue weighted by atomic mass is 19.4. The molecule has 0 radical (unpaired) electrons. The van der Waals surface area contributed by atoms with Gasteiger partial charge in [-0.15, -0.1) is 0 Å². The highest BCUT2D eigenvalue weighted by Crippen LogP contribution is 2.50. The van der Waals surface area contributed by atoms with Crippen molar-refractivity contribution in [2.45, 2.75) is 186 Å². The van der Waals surface area contributed by atoms with Gasteiger partial charge in [0.15, 0.2) is 0 Å². The first-order valence-electron chi connectivity index (χ1n) is 24.6. The molecule has 73 heavy (non-hydrogen) atoms. The molecular formula is C50H63BF18NO3+. The fraction of sp³-hybridized carbons (Fsp3) is 0.640. The Morgan fingerprint density at radius 3 is 1.00 bits per heavy atom. The van der Waals surface area contributed by atoms with Crippen molar-refractivity contribution in [2.24, 2.45) is 0 Å². The monoisotopic (exact) mass is 1080 g/mol. The van der Waals surface area contributed by atoms with Gasteiger partial charge in [0.2, 0.25) is 0 Å². The maximum atomic E-state index is 15.7. The summed E-state index contributed by atoms with van der Waals surface area (Å²) >= 11 is 0. The normalized spacial score (nSPS) is 13.6. The van der Waals surface area contributed by atoms with E-state index < -0.39 is 107 Å². The third kappa shape index (κ3) is 19.8. The number of hydrogen-bond donors (Lipinski definition) is 0. The minimum Gasteiger partial charge on any atom is -0.490 e. The summed E-state index contributed by atoms with van der Waals surface area (Å²) in [7, 11) is -3.27. The van der Waals surface area contributed by atoms with Gasteiger partial charge in [0.05, 0.1) is 58.6 Å². The lowest BCUT2D eigenvalue weighted by Crippen LogP contribution is -2.53. The first-order valence-corrected chi connectivity index (χ1v) is 24.6. The van der Waals surface area contributed by atoms with Crippen molar-refractivity contribution in [3.63, 3.8) is 0 Å². The van der Waals surface area contributed by atoms with Crippen molar-refractivity contribution in [3.8, 4) is 17.2 Å². The van der Waals surface area contributed by atoms with E-state index in [1.54, 1.807) is 20.8 Å². The average Bonchev–Trinajstić information content (AvgIpc) is 3.27. The number of alkyl halides is 18. The fourth-order valence-electron chi connectivity index (χ4n) is 8.77. The van der Waals surface area contributed by atoms with Crippen molar-refractivity contribution < 1.29 is 97.5 Å². The Balaban J connectivity index is 2.49. The second-order valence-corrected chi connectivity index (χ2v) is 18.3. The zero-order chi connectivity index (χ0) is 55.1. The van der Waals surface area contributed by atoms with Crippen LogP contribution in [-0.4, -0.2) is 31.4 Å². The van der Waals surface area contributed by atoms with Crippen molar-refractivity contribution in [1.29, 1.82) is 0 Å². The van der Waals surface area contributed by atoms with E-state index in [-0.39, 0.29) is 85.5 Å². The van der Waals surface area contributed by atoms with Gasteiger partial charge in [-0.3, -0.25) is 0 Å². The maximum Gasteiger partial charge on any atom is 0.864 e. The molecule has 0 aliphatic carbocycles. The van der Waals surface area contributed by atoms with Gasteiger partial charge in [0.25, 0.3) is 0 Å². The van der Waals surface area contributed by atoms with Gasteiger partial charge in [-0.1, -0.05) is 111 Å². The Morgan fingerprint density at radius 2 is 0.685 bits per heavy atom. The van der Waals surface area contributed by atoms with E-state index in [2.05, 4.69) is 6.92 Å². The summed E-state index contributed by atoms with van der Waals surface area (Å²) in [5.74, 6) is -4.52. The number of nitrogens with zero attached hydrogens (tertiary/aromatic N) is 1. The molecule has 0 heterocycles. The Hall–Kier alpha value is -4.18. The molecule has 4 nitrogen and oxygen atoms in total. The van der Waals surface area contributed by atoms with Crippen LogP contribution in [0.15, 0.2) is 48.5 Å². The molecule has 0 fully saturated rings. The highest BCUT2D eigenvalue weighted by Gasteiger charge is 2.49. The van der Waals surface area contributed by atoms with Gasteiger partial charge in [0.1, 0.15) is 23.3 Å². The molecular weight excluding hydrogens is 1020 g/mol. The van der Waals surface area contributed by atoms with E-state index >= 15 is 13.2 Å². The predicted molar refractivity (Wildman–Crippen MR) is 240 cm³/mol. The summed E-state index contributed by atoms with van der Waals surface area (Å²) < 4.78 is 276. The van der Waals surface area contributed by atoms with Crippen LogP contribution in [0.25, 0.3) is 0 Å². The molecule has 0 saturated carbocycles. The molecule has 23 heteroatoms. The molecule has 1 atom stereocenters. The largest absolute Gasteiger partial charge is 0.864 e. The number of unbranched alkanes of at least 4 members (excludes halogenated alkanes) is 13. The van der Waals surface area contributed by atoms with Crippen molar-refractivity contribution >= 4 is 7.32 Å². The van der Waals surface area contributed by atoms with Crippen LogP contribution in [-0.2, 0) is 37.1 Å². The SMILES string of the molecule is CCCCCCCCCCCCCC(c1c(OB(Oc2cc(C(F)(F)F)cc(C(F)(F)F)c2)Oc2cc(C(F)(F)F)cc(C(F)(F)F)c2)cc(C(F)(F)F)cc1C(F)(F)F)[N+](CCCC)(CCCC)CCCC. The standard InChI is InChI=1S/C50H63BF18NO3/c1-5-9-13-14-15-16-17-18-19-20-21-22-42(70(23-10-6-2,24-11-7-3)25-12-8-4)44-41(50(67,68)69)32-38(49(64,65)66)33-43(44)73-51(71-39-28-34(45(52,53)54)26-35(29-39)46(55,56)57)72-40-30-36(47(58,59)60)27-37(31-40)48(61,62)63/h26-33,42H,5-25H2,1-4H3/q+1. The second kappa shape index (κ2) is 27.0. The lowest BCUT2D eigenvalue weighted by atomic mass is 9.88. The van der Waals surface area contributed by atoms with E-state index in [0.29, 0.717) is 51.4 Å². The summed E-state index contributed by atoms with van der Waals surface area (Å²) in [4.78, 5) is 0. The molecule has 0 saturated heterocycles. The summed E-state index contributed by atoms with van der Waals surface area (Å²) in [5, 5.41) is 0. The Kier molecular flexibility index (Phi) is 23.4. The Morgan fingerprint density at radius 1 is 0.370 bits per heavy atom. The van der Waals surface area contributed by atoms with Gasteiger partial charge in [0, 0.05) is 6.42 Å². The minimum absolute atomic E-state index is 0.0620. The molecule has 0 N–H and O–H groups in total. The first kappa shape index (κ1) is 63.1. The summed E-state index contributed by atoms with van der Waals surface area (Å²) in [6, 6.07) is -2.77. The number of hydrogen-bond acceptors (Lipinski definition) is 3. The van der Waals surface area contributed by atoms with Gasteiger partial charge in [-0.25, -0.2) is 0 Å². The molecule has 0 amide bonds. The maximum absolute atomic E-state index is 15.7. The van der Waals surface area contributed by atoms with Crippen LogP contribution in [0.4, 0.5) is 79.0 Å². The lowest BCUT2D eigenvalue weighted by molar-refractivity contribution is -0.958. The van der Waals surface area contributed by atoms with E-state index in [1.165, 1.54) is 0 Å². The third-order valence-corrected chi connectivity index (χ3v) is 12.5. The molecule has 414 valence electrons. The van der Waals surface area contributed by atoms with Crippen molar-refractivity contribution in [3.05, 3.63) is 87.5 Å². The highest BCUT2D eigenvalue weighted by molar-refractivity contribution is 6.39. The number of halogens is 18. The van der Waals surface area contributed by atoms with Crippen LogP contribution in [0.5, 0.6) is 17.2 Å². The third-order valence-electron chi connectivity index (χ3n) is 12.5. The van der Waals surface area contributed by atoms with E-state index in [9.17, 15) is 65.9 Å². The molecule has 3 aromatic carbocycles. The van der Waals surface area contributed by atoms with Crippen molar-refractivity contribution in [1.82, 2.24) is 0 Å². The van der Waals surface area contributed by atoms with E-state index in [4.69, 9.17) is 14.0 Å². The van der Waals surface area contributed by atoms with Crippen molar-refractivity contribution in [2.75, 3.05) is 19.6 Å². The molecule has 1 unspecified atom stereocenters. The molecule has 0 aliphatic rings. The zero-order valence-corrected chi connectivity index (χ0v) is 41.1. The van der Waals surface area contributed by atoms with Crippen LogP contribution < -0.4 is 14.0 Å². The van der Waals surface area contributed by atoms with Crippen LogP contribution in [0.3, 0.4) is 0 Å². The van der Waals surface area contributed by atoms with Crippen LogP contribution >= 0.6 is 0 Å². The molecule has 3 rings (SSSR count). The van der Waals surface area contributed by atoms with Gasteiger partial charge in [-0.2, -0.15) is 79.0 Å². The predicted octanol–water partition coefficient (Wildman–Crippen LogP) is 19.3. The minimum atomic E-state index is -5.65. The first-order chi connectivity index (χ1) is 33.8.